The quantitative estimate of drug-likeness (QED) is 0.201. The zero-order valence-corrected chi connectivity index (χ0v) is 29.6. The Morgan fingerprint density at radius 1 is 0.935 bits per heavy atom. The maximum atomic E-state index is 14.7. The first kappa shape index (κ1) is 35.4. The number of halogens is 1. The number of nitrogens with one attached hydrogen (secondary N) is 4. The smallest absolute Gasteiger partial charge is 0.251 e. The molecular formula is C35H58ClN5O5. The van der Waals surface area contributed by atoms with Gasteiger partial charge in [0.15, 0.2) is 6.10 Å². The molecule has 0 aromatic rings. The minimum atomic E-state index is -1.37. The number of fused-ring (bicyclic) bond motifs is 1. The summed E-state index contributed by atoms with van der Waals surface area (Å²) in [6.45, 7) is 12.7. The van der Waals surface area contributed by atoms with E-state index in [9.17, 15) is 24.3 Å². The molecule has 260 valence electrons. The molecule has 1 saturated heterocycles. The zero-order valence-electron chi connectivity index (χ0n) is 28.8. The van der Waals surface area contributed by atoms with Crippen LogP contribution in [0, 0.1) is 27.6 Å². The standard InChI is InChI=1S/C35H58ClN5O5/c1-7-12-23(26(42)30(45)37-22-15-16-22)38-28(43)24-19-35(33(5,6)34(35)17-11-18-34)20-41(24)31(46)27(32(2,3)4)39-29(44)25(40-36)21-13-9-8-10-14-21/h21-27,40,42H,7-20H2,1-6H3,(H,37,45)(H,38,43)(H,39,44)/t23-,24-,25-,26?,27+,35+/m0/s1. The lowest BCUT2D eigenvalue weighted by atomic mass is 9.73. The normalized spacial score (nSPS) is 29.4. The Morgan fingerprint density at radius 3 is 2.09 bits per heavy atom. The predicted molar refractivity (Wildman–Crippen MR) is 177 cm³/mol. The number of rotatable bonds is 12. The fourth-order valence-electron chi connectivity index (χ4n) is 9.53. The van der Waals surface area contributed by atoms with Crippen LogP contribution in [0.1, 0.15) is 125 Å². The molecule has 46 heavy (non-hydrogen) atoms. The van der Waals surface area contributed by atoms with E-state index in [2.05, 4.69) is 34.6 Å². The Morgan fingerprint density at radius 2 is 1.59 bits per heavy atom. The third-order valence-electron chi connectivity index (χ3n) is 12.8. The number of likely N-dealkylation sites (tertiary alicyclic amines) is 1. The van der Waals surface area contributed by atoms with Crippen molar-refractivity contribution >= 4 is 35.4 Å². The molecule has 4 aliphatic carbocycles. The van der Waals surface area contributed by atoms with Crippen molar-refractivity contribution in [2.45, 2.75) is 161 Å². The first-order valence-electron chi connectivity index (χ1n) is 17.9. The van der Waals surface area contributed by atoms with Crippen LogP contribution >= 0.6 is 11.8 Å². The minimum absolute atomic E-state index is 0.0343. The van der Waals surface area contributed by atoms with Gasteiger partial charge in [-0.1, -0.05) is 73.6 Å². The molecule has 0 aromatic carbocycles. The third-order valence-corrected chi connectivity index (χ3v) is 13.1. The lowest BCUT2D eigenvalue weighted by Crippen LogP contribution is -2.61. The topological polar surface area (TPSA) is 140 Å². The highest BCUT2D eigenvalue weighted by Crippen LogP contribution is 2.88. The second-order valence-electron chi connectivity index (χ2n) is 16.8. The van der Waals surface area contributed by atoms with Crippen molar-refractivity contribution in [3.63, 3.8) is 0 Å². The van der Waals surface area contributed by atoms with Crippen molar-refractivity contribution in [2.75, 3.05) is 6.54 Å². The molecule has 1 unspecified atom stereocenters. The summed E-state index contributed by atoms with van der Waals surface area (Å²) in [5.41, 5.74) is -0.780. The average molecular weight is 664 g/mol. The number of amides is 4. The van der Waals surface area contributed by atoms with Gasteiger partial charge in [0.2, 0.25) is 17.7 Å². The summed E-state index contributed by atoms with van der Waals surface area (Å²) in [6, 6.07) is -2.93. The van der Waals surface area contributed by atoms with Crippen LogP contribution in [0.4, 0.5) is 0 Å². The average Bonchev–Trinajstić information content (AvgIpc) is 3.80. The zero-order chi connectivity index (χ0) is 33.7. The van der Waals surface area contributed by atoms with E-state index >= 15 is 0 Å². The van der Waals surface area contributed by atoms with Crippen molar-refractivity contribution in [3.8, 4) is 0 Å². The largest absolute Gasteiger partial charge is 0.381 e. The predicted octanol–water partition coefficient (Wildman–Crippen LogP) is 3.93. The number of carbonyl (C=O) groups excluding carboxylic acids is 4. The van der Waals surface area contributed by atoms with E-state index in [4.69, 9.17) is 11.8 Å². The molecule has 4 amide bonds. The van der Waals surface area contributed by atoms with Crippen LogP contribution in [0.3, 0.4) is 0 Å². The van der Waals surface area contributed by atoms with Crippen molar-refractivity contribution in [2.24, 2.45) is 27.6 Å². The molecule has 0 aromatic heterocycles. The summed E-state index contributed by atoms with van der Waals surface area (Å²) in [6.07, 6.45) is 10.4. The SMILES string of the molecule is CCC[C@H](NC(=O)[C@@H]1C[C@@]2(CN1C(=O)[C@@H](NC(=O)[C@@H](NCl)C1CCCCC1)C(C)(C)C)C(C)(C)C21CCC1)C(O)C(=O)NC1CC1. The van der Waals surface area contributed by atoms with Gasteiger partial charge < -0.3 is 26.0 Å². The number of hydrogen-bond donors (Lipinski definition) is 5. The molecule has 5 rings (SSSR count). The van der Waals surface area contributed by atoms with Gasteiger partial charge in [-0.25, -0.2) is 4.84 Å². The van der Waals surface area contributed by atoms with Crippen LogP contribution in [-0.4, -0.2) is 76.5 Å². The van der Waals surface area contributed by atoms with Gasteiger partial charge >= 0.3 is 0 Å². The summed E-state index contributed by atoms with van der Waals surface area (Å²) >= 11 is 6.14. The maximum absolute atomic E-state index is 14.7. The van der Waals surface area contributed by atoms with Crippen molar-refractivity contribution in [1.29, 1.82) is 0 Å². The highest BCUT2D eigenvalue weighted by Gasteiger charge is 2.85. The minimum Gasteiger partial charge on any atom is -0.381 e. The molecule has 6 atom stereocenters. The molecule has 5 fully saturated rings. The Labute approximate surface area is 280 Å². The number of aliphatic hydroxyl groups is 1. The monoisotopic (exact) mass is 663 g/mol. The first-order chi connectivity index (χ1) is 21.6. The number of hydrogen-bond acceptors (Lipinski definition) is 6. The Balaban J connectivity index is 1.39. The van der Waals surface area contributed by atoms with E-state index in [1.807, 2.05) is 27.7 Å². The fraction of sp³-hybridized carbons (Fsp3) is 0.886. The van der Waals surface area contributed by atoms with Gasteiger partial charge in [-0.15, -0.1) is 0 Å². The third kappa shape index (κ3) is 6.20. The van der Waals surface area contributed by atoms with Gasteiger partial charge in [0.25, 0.3) is 5.91 Å². The molecule has 0 bridgehead atoms. The Kier molecular flexibility index (Phi) is 10.1. The van der Waals surface area contributed by atoms with Gasteiger partial charge in [0.1, 0.15) is 18.1 Å². The Bertz CT molecular complexity index is 1170. The van der Waals surface area contributed by atoms with Crippen molar-refractivity contribution < 1.29 is 24.3 Å². The molecule has 11 heteroatoms. The molecule has 1 heterocycles. The van der Waals surface area contributed by atoms with E-state index in [-0.39, 0.29) is 45.9 Å². The van der Waals surface area contributed by atoms with Gasteiger partial charge in [0, 0.05) is 18.0 Å². The molecule has 0 radical (unpaired) electrons. The summed E-state index contributed by atoms with van der Waals surface area (Å²) in [5.74, 6) is -1.28. The van der Waals surface area contributed by atoms with Gasteiger partial charge in [-0.2, -0.15) is 0 Å². The molecule has 5 aliphatic rings. The molecule has 1 aliphatic heterocycles. The van der Waals surface area contributed by atoms with Crippen LogP contribution in [0.25, 0.3) is 0 Å². The first-order valence-corrected chi connectivity index (χ1v) is 18.3. The second kappa shape index (κ2) is 13.2. The van der Waals surface area contributed by atoms with Crippen molar-refractivity contribution in [1.82, 2.24) is 25.7 Å². The molecule has 2 spiro atoms. The molecule has 4 saturated carbocycles. The van der Waals surface area contributed by atoms with E-state index in [1.165, 1.54) is 0 Å². The van der Waals surface area contributed by atoms with E-state index in [1.54, 1.807) is 4.90 Å². The number of carbonyl (C=O) groups is 4. The van der Waals surface area contributed by atoms with E-state index in [0.29, 0.717) is 25.8 Å². The van der Waals surface area contributed by atoms with Gasteiger partial charge in [0.05, 0.1) is 6.04 Å². The fourth-order valence-corrected chi connectivity index (χ4v) is 9.80. The summed E-state index contributed by atoms with van der Waals surface area (Å²) < 4.78 is 0. The summed E-state index contributed by atoms with van der Waals surface area (Å²) in [4.78, 5) is 59.9. The molecule has 10 nitrogen and oxygen atoms in total. The molecule has 5 N–H and O–H groups in total. The van der Waals surface area contributed by atoms with Crippen LogP contribution in [0.2, 0.25) is 0 Å². The van der Waals surface area contributed by atoms with E-state index in [0.717, 1.165) is 64.2 Å². The number of nitrogens with zero attached hydrogens (tertiary/aromatic N) is 1. The number of aliphatic hydroxyl groups excluding tert-OH is 1. The van der Waals surface area contributed by atoms with Crippen LogP contribution in [0.15, 0.2) is 0 Å². The highest BCUT2D eigenvalue weighted by atomic mass is 35.5. The van der Waals surface area contributed by atoms with Crippen LogP contribution in [-0.2, 0) is 19.2 Å². The summed E-state index contributed by atoms with van der Waals surface area (Å²) in [7, 11) is 0. The van der Waals surface area contributed by atoms with Crippen LogP contribution < -0.4 is 20.8 Å². The maximum Gasteiger partial charge on any atom is 0.251 e. The lowest BCUT2D eigenvalue weighted by Gasteiger charge is -2.37. The van der Waals surface area contributed by atoms with E-state index < -0.39 is 41.6 Å². The Hall–Kier alpha value is -1.91. The molecular weight excluding hydrogens is 606 g/mol. The van der Waals surface area contributed by atoms with Crippen LogP contribution in [0.5, 0.6) is 0 Å². The summed E-state index contributed by atoms with van der Waals surface area (Å²) in [5, 5.41) is 19.9. The highest BCUT2D eigenvalue weighted by molar-refractivity contribution is 6.15. The van der Waals surface area contributed by atoms with Crippen molar-refractivity contribution in [3.05, 3.63) is 0 Å². The lowest BCUT2D eigenvalue weighted by molar-refractivity contribution is -0.145. The van der Waals surface area contributed by atoms with Gasteiger partial charge in [-0.3, -0.25) is 19.2 Å². The second-order valence-corrected chi connectivity index (χ2v) is 17.0. The van der Waals surface area contributed by atoms with Gasteiger partial charge in [-0.05, 0) is 85.3 Å².